The summed E-state index contributed by atoms with van der Waals surface area (Å²) in [4.78, 5) is 36.5. The lowest BCUT2D eigenvalue weighted by Crippen LogP contribution is -2.58. The number of esters is 1. The Hall–Kier alpha value is -1.24. The van der Waals surface area contributed by atoms with Crippen molar-refractivity contribution in [3.63, 3.8) is 0 Å². The van der Waals surface area contributed by atoms with Crippen LogP contribution in [0, 0.1) is 17.3 Å². The molecule has 0 aromatic heterocycles. The predicted octanol–water partition coefficient (Wildman–Crippen LogP) is 7.39. The molecule has 0 spiro atoms. The standard InChI is InChI=1S/C31H54BO7P/c1-9-11-12-13-14-15-24(33)19-26-23(10-2)18-25(20-27(22(3)4)39-40(8)32)38-31(26,7)30(5,6)21-37-29(36)17-16-28(34)35/h10,22,25-27H,9,11-21H2,1-8H3,(H,34,35)/b23-10+/t25-,26-,27+,31+,40?/m0/s1. The van der Waals surface area contributed by atoms with Crippen LogP contribution in [0.4, 0.5) is 0 Å². The van der Waals surface area contributed by atoms with Crippen LogP contribution in [0.25, 0.3) is 0 Å². The van der Waals surface area contributed by atoms with Gasteiger partial charge >= 0.3 is 11.9 Å². The molecule has 0 amide bonds. The van der Waals surface area contributed by atoms with Crippen LogP contribution in [0.1, 0.15) is 119 Å². The van der Waals surface area contributed by atoms with Gasteiger partial charge in [-0.15, -0.1) is 0 Å². The zero-order valence-corrected chi connectivity index (χ0v) is 27.2. The summed E-state index contributed by atoms with van der Waals surface area (Å²) in [5.74, 6) is -1.27. The molecular weight excluding hydrogens is 526 g/mol. The van der Waals surface area contributed by atoms with Crippen LogP contribution in [0.15, 0.2) is 11.6 Å². The topological polar surface area (TPSA) is 99.1 Å². The second-order valence-electron chi connectivity index (χ2n) is 12.5. The Labute approximate surface area is 245 Å². The fraction of sp³-hybridized carbons (Fsp3) is 0.839. The van der Waals surface area contributed by atoms with Crippen molar-refractivity contribution in [3.8, 4) is 0 Å². The second kappa shape index (κ2) is 17.7. The summed E-state index contributed by atoms with van der Waals surface area (Å²) in [6.07, 6.45) is 9.21. The Balaban J connectivity index is 3.23. The Bertz CT molecular complexity index is 842. The molecule has 0 bridgehead atoms. The maximum Gasteiger partial charge on any atom is 0.306 e. The lowest BCUT2D eigenvalue weighted by Gasteiger charge is -2.54. The van der Waals surface area contributed by atoms with Crippen LogP contribution in [0.3, 0.4) is 0 Å². The number of allylic oxidation sites excluding steroid dienone is 1. The van der Waals surface area contributed by atoms with E-state index in [2.05, 4.69) is 26.8 Å². The highest BCUT2D eigenvalue weighted by Gasteiger charge is 2.54. The van der Waals surface area contributed by atoms with Crippen molar-refractivity contribution in [1.29, 1.82) is 0 Å². The summed E-state index contributed by atoms with van der Waals surface area (Å²) >= 11 is 0. The number of hydrogen-bond donors (Lipinski definition) is 1. The quantitative estimate of drug-likeness (QED) is 0.0559. The van der Waals surface area contributed by atoms with Gasteiger partial charge < -0.3 is 19.1 Å². The Morgan fingerprint density at radius 1 is 1.18 bits per heavy atom. The fourth-order valence-corrected chi connectivity index (χ4v) is 6.24. The number of aliphatic carboxylic acids is 1. The zero-order valence-electron chi connectivity index (χ0n) is 26.3. The summed E-state index contributed by atoms with van der Waals surface area (Å²) < 4.78 is 18.6. The van der Waals surface area contributed by atoms with E-state index < -0.39 is 31.0 Å². The molecule has 1 aliphatic heterocycles. The maximum atomic E-state index is 13.2. The van der Waals surface area contributed by atoms with Gasteiger partial charge in [-0.1, -0.05) is 72.0 Å². The lowest BCUT2D eigenvalue weighted by molar-refractivity contribution is -0.211. The van der Waals surface area contributed by atoms with Gasteiger partial charge in [-0.05, 0) is 47.3 Å². The number of unbranched alkanes of at least 4 members (excludes halogenated alkanes) is 4. The van der Waals surface area contributed by atoms with Crippen molar-refractivity contribution >= 4 is 33.3 Å². The molecule has 0 aromatic rings. The number of carboxylic acid groups (broad SMARTS) is 1. The number of carboxylic acids is 1. The van der Waals surface area contributed by atoms with E-state index in [1.54, 1.807) is 0 Å². The maximum absolute atomic E-state index is 13.2. The summed E-state index contributed by atoms with van der Waals surface area (Å²) in [6.45, 7) is 16.4. The Morgan fingerprint density at radius 2 is 1.82 bits per heavy atom. The van der Waals surface area contributed by atoms with E-state index in [1.807, 2.05) is 34.4 Å². The van der Waals surface area contributed by atoms with Crippen molar-refractivity contribution in [2.45, 2.75) is 137 Å². The van der Waals surface area contributed by atoms with Gasteiger partial charge in [-0.3, -0.25) is 14.4 Å². The third-order valence-electron chi connectivity index (χ3n) is 8.37. The van der Waals surface area contributed by atoms with Crippen LogP contribution in [0.5, 0.6) is 0 Å². The van der Waals surface area contributed by atoms with Gasteiger partial charge in [-0.25, -0.2) is 0 Å². The highest BCUT2D eigenvalue weighted by molar-refractivity contribution is 7.77. The SMILES string of the molecule is [B]P(C)O[C@H](C[C@@H]1C/C(=C\C)[C@H](CC(=O)CCCCCCC)[C@](C)(C(C)(C)COC(=O)CCC(=O)O)O1)C(C)C. The van der Waals surface area contributed by atoms with Crippen molar-refractivity contribution in [3.05, 3.63) is 11.6 Å². The first kappa shape index (κ1) is 36.8. The van der Waals surface area contributed by atoms with Crippen molar-refractivity contribution in [2.75, 3.05) is 13.3 Å². The molecule has 40 heavy (non-hydrogen) atoms. The third-order valence-corrected chi connectivity index (χ3v) is 8.97. The first-order valence-electron chi connectivity index (χ1n) is 15.0. The van der Waals surface area contributed by atoms with Crippen molar-refractivity contribution in [2.24, 2.45) is 17.3 Å². The third kappa shape index (κ3) is 11.9. The molecule has 2 radical (unpaired) electrons. The van der Waals surface area contributed by atoms with E-state index >= 15 is 0 Å². The van der Waals surface area contributed by atoms with Gasteiger partial charge in [0.15, 0.2) is 0 Å². The van der Waals surface area contributed by atoms with E-state index in [-0.39, 0.29) is 49.3 Å². The van der Waals surface area contributed by atoms with Crippen LogP contribution < -0.4 is 0 Å². The molecule has 0 aromatic carbocycles. The average Bonchev–Trinajstić information content (AvgIpc) is 2.86. The van der Waals surface area contributed by atoms with E-state index in [0.29, 0.717) is 25.7 Å². The molecule has 1 heterocycles. The molecule has 7 nitrogen and oxygen atoms in total. The van der Waals surface area contributed by atoms with Gasteiger partial charge in [0, 0.05) is 30.6 Å². The fourth-order valence-electron chi connectivity index (χ4n) is 5.49. The molecule has 1 aliphatic rings. The van der Waals surface area contributed by atoms with Gasteiger partial charge in [0.2, 0.25) is 0 Å². The first-order valence-corrected chi connectivity index (χ1v) is 16.8. The molecular formula is C31H54BO7P. The minimum Gasteiger partial charge on any atom is -0.481 e. The Kier molecular flexibility index (Phi) is 16.2. The molecule has 1 unspecified atom stereocenters. The molecule has 0 saturated carbocycles. The van der Waals surface area contributed by atoms with E-state index in [4.69, 9.17) is 26.7 Å². The molecule has 0 aliphatic carbocycles. The van der Waals surface area contributed by atoms with Crippen LogP contribution in [-0.2, 0) is 28.4 Å². The van der Waals surface area contributed by atoms with Crippen LogP contribution in [-0.4, -0.2) is 61.5 Å². The molecule has 9 heteroatoms. The van der Waals surface area contributed by atoms with Gasteiger partial charge in [0.25, 0.3) is 0 Å². The van der Waals surface area contributed by atoms with Crippen LogP contribution in [0.2, 0.25) is 0 Å². The summed E-state index contributed by atoms with van der Waals surface area (Å²) in [5.41, 5.74) is -0.300. The average molecular weight is 581 g/mol. The molecule has 1 fully saturated rings. The van der Waals surface area contributed by atoms with Gasteiger partial charge in [0.1, 0.15) is 13.3 Å². The van der Waals surface area contributed by atoms with Crippen molar-refractivity contribution < 1.29 is 33.5 Å². The Morgan fingerprint density at radius 3 is 2.38 bits per heavy atom. The smallest absolute Gasteiger partial charge is 0.306 e. The number of Topliss-reactive ketones (excluding diaryl/α,β-unsaturated/α-hetero) is 1. The number of hydrogen-bond acceptors (Lipinski definition) is 6. The van der Waals surface area contributed by atoms with Gasteiger partial charge in [0.05, 0.1) is 37.3 Å². The van der Waals surface area contributed by atoms with E-state index in [9.17, 15) is 14.4 Å². The minimum atomic E-state index is -1.04. The number of ether oxygens (including phenoxy) is 2. The van der Waals surface area contributed by atoms with E-state index in [0.717, 1.165) is 19.3 Å². The monoisotopic (exact) mass is 580 g/mol. The predicted molar refractivity (Wildman–Crippen MR) is 163 cm³/mol. The van der Waals surface area contributed by atoms with Crippen molar-refractivity contribution in [1.82, 2.24) is 0 Å². The molecule has 228 valence electrons. The highest BCUT2D eigenvalue weighted by Crippen LogP contribution is 2.51. The summed E-state index contributed by atoms with van der Waals surface area (Å²) in [7, 11) is 5.01. The first-order chi connectivity index (χ1) is 18.7. The highest BCUT2D eigenvalue weighted by atomic mass is 31.1. The van der Waals surface area contributed by atoms with Gasteiger partial charge in [-0.2, -0.15) is 0 Å². The molecule has 1 N–H and O–H groups in total. The summed E-state index contributed by atoms with van der Waals surface area (Å²) in [6, 6.07) is 0. The lowest BCUT2D eigenvalue weighted by atomic mass is 9.62. The molecule has 5 atom stereocenters. The summed E-state index contributed by atoms with van der Waals surface area (Å²) in [5, 5.41) is 8.93. The van der Waals surface area contributed by atoms with E-state index in [1.165, 1.54) is 18.4 Å². The number of rotatable bonds is 19. The zero-order chi connectivity index (χ0) is 30.5. The normalized spacial score (nSPS) is 24.2. The largest absolute Gasteiger partial charge is 0.481 e. The number of ketones is 1. The number of carbonyl (C=O) groups is 3. The van der Waals surface area contributed by atoms with Crippen LogP contribution >= 0.6 is 8.03 Å². The number of carbonyl (C=O) groups excluding carboxylic acids is 2. The molecule has 1 saturated heterocycles. The molecule has 1 rings (SSSR count). The second-order valence-corrected chi connectivity index (χ2v) is 13.8. The minimum absolute atomic E-state index is 0.0561.